The third-order valence-electron chi connectivity index (χ3n) is 9.61. The molecule has 0 bridgehead atoms. The number of hydrogen-bond donors (Lipinski definition) is 4. The van der Waals surface area contributed by atoms with E-state index >= 15 is 0 Å². The first-order valence-corrected chi connectivity index (χ1v) is 18.0. The topological polar surface area (TPSA) is 174 Å². The molecule has 1 saturated heterocycles. The van der Waals surface area contributed by atoms with Crippen molar-refractivity contribution in [1.82, 2.24) is 30.5 Å². The van der Waals surface area contributed by atoms with E-state index in [-0.39, 0.29) is 18.4 Å². The van der Waals surface area contributed by atoms with Crippen LogP contribution >= 0.6 is 0 Å². The zero-order valence-electron chi connectivity index (χ0n) is 29.1. The van der Waals surface area contributed by atoms with Gasteiger partial charge in [0.2, 0.25) is 28.6 Å². The minimum absolute atomic E-state index is 0.00106. The number of amides is 6. The van der Waals surface area contributed by atoms with Crippen molar-refractivity contribution < 1.29 is 33.0 Å². The van der Waals surface area contributed by atoms with Crippen LogP contribution in [0.3, 0.4) is 0 Å². The summed E-state index contributed by atoms with van der Waals surface area (Å²) in [5, 5.41) is 10.9. The standard InChI is InChI=1S/C34H50N6O7S/c1-33(2,3)25(19-40-30(44)21-14-8-9-16-24(21)48(40)47)37-32(46)38-27(34(4,5)6)31(45)39-17-11-15-23(39)28(42)36-22(18-20-12-10-13-20)26(41)29(43)35-7/h8-9,14,16,20,22-23,25,27H,10-13,15,17-19H2,1-7H3,(H,35,43)(H,36,42)(H2,37,38,46)/p+1/t22?,23-,25+,27+,48?/m0/s1. The van der Waals surface area contributed by atoms with Gasteiger partial charge in [-0.25, -0.2) is 4.79 Å². The van der Waals surface area contributed by atoms with Gasteiger partial charge in [0.1, 0.15) is 17.6 Å². The molecule has 1 aliphatic carbocycles. The summed E-state index contributed by atoms with van der Waals surface area (Å²) < 4.78 is 14.5. The van der Waals surface area contributed by atoms with Crippen LogP contribution in [0.5, 0.6) is 0 Å². The van der Waals surface area contributed by atoms with Crippen LogP contribution < -0.4 is 21.3 Å². The average molecular weight is 688 g/mol. The summed E-state index contributed by atoms with van der Waals surface area (Å²) >= 11 is 0. The molecule has 4 N–H and O–H groups in total. The number of carbonyl (C=O) groups is 6. The second kappa shape index (κ2) is 14.8. The largest absolute Gasteiger partial charge is 0.353 e. The molecule has 0 spiro atoms. The molecule has 2 unspecified atom stereocenters. The fourth-order valence-electron chi connectivity index (χ4n) is 6.33. The first kappa shape index (κ1) is 37.0. The molecule has 14 heteroatoms. The third-order valence-corrected chi connectivity index (χ3v) is 11.2. The van der Waals surface area contributed by atoms with E-state index in [0.717, 1.165) is 19.3 Å². The Labute approximate surface area is 285 Å². The molecular weight excluding hydrogens is 636 g/mol. The Bertz CT molecular complexity index is 1430. The number of rotatable bonds is 11. The molecule has 2 fully saturated rings. The fraction of sp³-hybridized carbons (Fsp3) is 0.647. The van der Waals surface area contributed by atoms with Crippen LogP contribution in [-0.2, 0) is 34.4 Å². The Hall–Kier alpha value is -3.81. The van der Waals surface area contributed by atoms with E-state index < -0.39 is 75.5 Å². The lowest BCUT2D eigenvalue weighted by Gasteiger charge is -2.37. The van der Waals surface area contributed by atoms with Gasteiger partial charge in [-0.3, -0.25) is 24.0 Å². The van der Waals surface area contributed by atoms with Crippen LogP contribution in [0.2, 0.25) is 0 Å². The first-order valence-electron chi connectivity index (χ1n) is 16.8. The van der Waals surface area contributed by atoms with E-state index in [1.165, 1.54) is 16.3 Å². The number of fused-ring (bicyclic) bond motifs is 1. The van der Waals surface area contributed by atoms with Gasteiger partial charge in [-0.05, 0) is 48.1 Å². The monoisotopic (exact) mass is 687 g/mol. The Morgan fingerprint density at radius 1 is 0.917 bits per heavy atom. The highest BCUT2D eigenvalue weighted by Crippen LogP contribution is 2.32. The predicted molar refractivity (Wildman–Crippen MR) is 181 cm³/mol. The van der Waals surface area contributed by atoms with Crippen LogP contribution in [0.1, 0.15) is 90.4 Å². The molecule has 2 heterocycles. The molecular formula is C34H51N6O7S+. The van der Waals surface area contributed by atoms with E-state index in [1.54, 1.807) is 24.3 Å². The second-order valence-electron chi connectivity index (χ2n) is 15.2. The maximum Gasteiger partial charge on any atom is 0.315 e. The highest BCUT2D eigenvalue weighted by molar-refractivity contribution is 7.83. The molecule has 264 valence electrons. The number of thiol groups is 1. The predicted octanol–water partition coefficient (Wildman–Crippen LogP) is 2.22. The number of nitrogens with one attached hydrogen (secondary N) is 4. The first-order chi connectivity index (χ1) is 22.4. The highest BCUT2D eigenvalue weighted by Gasteiger charge is 2.46. The van der Waals surface area contributed by atoms with Gasteiger partial charge in [-0.15, -0.1) is 4.31 Å². The zero-order chi connectivity index (χ0) is 35.6. The number of benzene rings is 1. The van der Waals surface area contributed by atoms with Gasteiger partial charge in [0.25, 0.3) is 11.8 Å². The molecule has 0 radical (unpaired) electrons. The van der Waals surface area contributed by atoms with Gasteiger partial charge in [0, 0.05) is 13.6 Å². The Morgan fingerprint density at radius 2 is 1.58 bits per heavy atom. The van der Waals surface area contributed by atoms with Crippen LogP contribution in [0.25, 0.3) is 0 Å². The second-order valence-corrected chi connectivity index (χ2v) is 16.8. The summed E-state index contributed by atoms with van der Waals surface area (Å²) in [6.45, 7) is 11.4. The quantitative estimate of drug-likeness (QED) is 0.157. The molecule has 0 aromatic heterocycles. The van der Waals surface area contributed by atoms with Crippen LogP contribution in [-0.4, -0.2) is 89.0 Å². The van der Waals surface area contributed by atoms with E-state index in [2.05, 4.69) is 21.3 Å². The molecule has 4 rings (SSSR count). The summed E-state index contributed by atoms with van der Waals surface area (Å²) in [5.74, 6) is -2.55. The number of likely N-dealkylation sites (tertiary alicyclic amines) is 1. The summed E-state index contributed by atoms with van der Waals surface area (Å²) in [6, 6.07) is 2.60. The van der Waals surface area contributed by atoms with Crippen molar-refractivity contribution in [3.05, 3.63) is 29.8 Å². The number of nitrogens with zero attached hydrogens (tertiary/aromatic N) is 2. The molecule has 13 nitrogen and oxygen atoms in total. The molecule has 1 aromatic rings. The summed E-state index contributed by atoms with van der Waals surface area (Å²) in [7, 11) is -0.783. The van der Waals surface area contributed by atoms with Crippen LogP contribution in [0.15, 0.2) is 29.2 Å². The maximum atomic E-state index is 14.1. The van der Waals surface area contributed by atoms with Crippen LogP contribution in [0.4, 0.5) is 4.79 Å². The normalized spacial score (nSPS) is 21.4. The summed E-state index contributed by atoms with van der Waals surface area (Å²) in [6.07, 6.45) is 4.20. The smallest absolute Gasteiger partial charge is 0.315 e. The fourth-order valence-corrected chi connectivity index (χ4v) is 7.76. The lowest BCUT2D eigenvalue weighted by molar-refractivity contribution is -0.144. The van der Waals surface area contributed by atoms with Gasteiger partial charge in [0.05, 0.1) is 18.6 Å². The van der Waals surface area contributed by atoms with Gasteiger partial charge < -0.3 is 26.2 Å². The number of hydrogen-bond acceptors (Lipinski definition) is 7. The van der Waals surface area contributed by atoms with E-state index in [0.29, 0.717) is 36.3 Å². The van der Waals surface area contributed by atoms with E-state index in [4.69, 9.17) is 0 Å². The van der Waals surface area contributed by atoms with Gasteiger partial charge >= 0.3 is 6.03 Å². The SMILES string of the molecule is CNC(=O)C(=O)C(CC1CCC1)NC(=O)[C@@H]1CCCN1C(=O)[C@@H](NC(=O)N[C@H](CN1C(=O)c2ccccc2[SH+]1=O)C(C)(C)C)C(C)(C)C. The number of likely N-dealkylation sites (N-methyl/N-ethyl adjacent to an activating group) is 1. The number of urea groups is 1. The number of ketones is 1. The molecule has 1 saturated carbocycles. The number of carbonyl (C=O) groups excluding carboxylic acids is 6. The molecule has 3 aliphatic rings. The van der Waals surface area contributed by atoms with Crippen molar-refractivity contribution in [2.75, 3.05) is 20.1 Å². The van der Waals surface area contributed by atoms with Crippen molar-refractivity contribution in [2.45, 2.75) is 109 Å². The molecule has 48 heavy (non-hydrogen) atoms. The summed E-state index contributed by atoms with van der Waals surface area (Å²) in [5.41, 5.74) is -0.928. The van der Waals surface area contributed by atoms with Gasteiger partial charge in [-0.2, -0.15) is 0 Å². The van der Waals surface area contributed by atoms with Gasteiger partial charge in [0.15, 0.2) is 4.90 Å². The van der Waals surface area contributed by atoms with Crippen LogP contribution in [0, 0.1) is 16.7 Å². The Morgan fingerprint density at radius 3 is 2.15 bits per heavy atom. The Balaban J connectivity index is 1.46. The van der Waals surface area contributed by atoms with E-state index in [1.807, 2.05) is 41.5 Å². The minimum atomic E-state index is -2.15. The van der Waals surface area contributed by atoms with Crippen molar-refractivity contribution in [3.8, 4) is 0 Å². The third kappa shape index (κ3) is 8.24. The lowest BCUT2D eigenvalue weighted by atomic mass is 9.80. The van der Waals surface area contributed by atoms with Crippen molar-refractivity contribution in [3.63, 3.8) is 0 Å². The Kier molecular flexibility index (Phi) is 11.4. The van der Waals surface area contributed by atoms with Gasteiger partial charge in [-0.1, -0.05) is 77.1 Å². The molecule has 5 atom stereocenters. The molecule has 1 aromatic carbocycles. The molecule has 6 amide bonds. The van der Waals surface area contributed by atoms with E-state index in [9.17, 15) is 33.0 Å². The summed E-state index contributed by atoms with van der Waals surface area (Å²) in [4.78, 5) is 81.3. The number of Topliss-reactive ketones (excluding diaryl/α,β-unsaturated/α-hetero) is 1. The molecule has 2 aliphatic heterocycles. The van der Waals surface area contributed by atoms with Crippen molar-refractivity contribution >= 4 is 46.4 Å². The average Bonchev–Trinajstić information content (AvgIpc) is 3.58. The lowest BCUT2D eigenvalue weighted by Crippen LogP contribution is -2.62. The zero-order valence-corrected chi connectivity index (χ0v) is 29.9. The minimum Gasteiger partial charge on any atom is -0.353 e. The maximum absolute atomic E-state index is 14.1. The highest BCUT2D eigenvalue weighted by atomic mass is 32.2. The van der Waals surface area contributed by atoms with Crippen molar-refractivity contribution in [1.29, 1.82) is 0 Å². The van der Waals surface area contributed by atoms with Crippen molar-refractivity contribution in [2.24, 2.45) is 16.7 Å².